The van der Waals surface area contributed by atoms with E-state index in [4.69, 9.17) is 5.73 Å². The first-order chi connectivity index (χ1) is 7.16. The van der Waals surface area contributed by atoms with E-state index in [1.807, 2.05) is 0 Å². The number of amidine groups is 1. The van der Waals surface area contributed by atoms with Gasteiger partial charge in [-0.05, 0) is 32.3 Å². The SMILES string of the molecule is Cc1ccc(C(C)N=C(N)C2CC2)cc1. The van der Waals surface area contributed by atoms with E-state index in [0.717, 1.165) is 5.84 Å². The molecule has 0 saturated heterocycles. The van der Waals surface area contributed by atoms with Gasteiger partial charge in [0.05, 0.1) is 11.9 Å². The van der Waals surface area contributed by atoms with Gasteiger partial charge in [-0.3, -0.25) is 4.99 Å². The zero-order chi connectivity index (χ0) is 10.8. The maximum absolute atomic E-state index is 5.90. The number of benzene rings is 1. The van der Waals surface area contributed by atoms with Crippen LogP contribution >= 0.6 is 0 Å². The van der Waals surface area contributed by atoms with Crippen LogP contribution in [0.2, 0.25) is 0 Å². The van der Waals surface area contributed by atoms with Crippen LogP contribution in [0.1, 0.15) is 36.9 Å². The van der Waals surface area contributed by atoms with E-state index < -0.39 is 0 Å². The second-order valence-corrected chi connectivity index (χ2v) is 4.41. The van der Waals surface area contributed by atoms with Crippen molar-refractivity contribution in [1.82, 2.24) is 0 Å². The Kier molecular flexibility index (Phi) is 2.76. The third-order valence-electron chi connectivity index (χ3n) is 2.90. The zero-order valence-corrected chi connectivity index (χ0v) is 9.40. The highest BCUT2D eigenvalue weighted by atomic mass is 14.9. The number of hydrogen-bond donors (Lipinski definition) is 1. The Bertz CT molecular complexity index is 361. The van der Waals surface area contributed by atoms with Crippen molar-refractivity contribution in [3.63, 3.8) is 0 Å². The van der Waals surface area contributed by atoms with Crippen LogP contribution in [0.25, 0.3) is 0 Å². The van der Waals surface area contributed by atoms with Gasteiger partial charge in [0, 0.05) is 5.92 Å². The molecule has 2 nitrogen and oxygen atoms in total. The third-order valence-corrected chi connectivity index (χ3v) is 2.90. The Morgan fingerprint density at radius 3 is 2.47 bits per heavy atom. The van der Waals surface area contributed by atoms with E-state index >= 15 is 0 Å². The molecule has 1 aliphatic rings. The summed E-state index contributed by atoms with van der Waals surface area (Å²) in [6, 6.07) is 8.68. The summed E-state index contributed by atoms with van der Waals surface area (Å²) in [4.78, 5) is 4.53. The highest BCUT2D eigenvalue weighted by molar-refractivity contribution is 5.85. The van der Waals surface area contributed by atoms with Crippen molar-refractivity contribution >= 4 is 5.84 Å². The fourth-order valence-corrected chi connectivity index (χ4v) is 1.63. The van der Waals surface area contributed by atoms with Gasteiger partial charge in [-0.15, -0.1) is 0 Å². The van der Waals surface area contributed by atoms with Crippen LogP contribution in [0.15, 0.2) is 29.3 Å². The lowest BCUT2D eigenvalue weighted by atomic mass is 10.1. The Morgan fingerprint density at radius 1 is 1.33 bits per heavy atom. The number of hydrogen-bond acceptors (Lipinski definition) is 1. The molecule has 0 amide bonds. The quantitative estimate of drug-likeness (QED) is 0.594. The Morgan fingerprint density at radius 2 is 1.93 bits per heavy atom. The minimum atomic E-state index is 0.186. The van der Waals surface area contributed by atoms with Gasteiger partial charge in [-0.1, -0.05) is 29.8 Å². The van der Waals surface area contributed by atoms with Crippen molar-refractivity contribution in [3.8, 4) is 0 Å². The van der Waals surface area contributed by atoms with Gasteiger partial charge in [-0.2, -0.15) is 0 Å². The first kappa shape index (κ1) is 10.2. The Balaban J connectivity index is 2.09. The summed E-state index contributed by atoms with van der Waals surface area (Å²) in [6.45, 7) is 4.19. The molecule has 2 rings (SSSR count). The molecule has 0 aliphatic heterocycles. The van der Waals surface area contributed by atoms with Gasteiger partial charge in [0.15, 0.2) is 0 Å². The predicted octanol–water partition coefficient (Wildman–Crippen LogP) is 2.82. The smallest absolute Gasteiger partial charge is 0.0975 e. The summed E-state index contributed by atoms with van der Waals surface area (Å²) < 4.78 is 0. The van der Waals surface area contributed by atoms with Crippen LogP contribution < -0.4 is 5.73 Å². The van der Waals surface area contributed by atoms with E-state index in [2.05, 4.69) is 43.1 Å². The van der Waals surface area contributed by atoms with Crippen molar-refractivity contribution in [2.45, 2.75) is 32.7 Å². The molecular formula is C13H18N2. The highest BCUT2D eigenvalue weighted by Crippen LogP contribution is 2.30. The summed E-state index contributed by atoms with van der Waals surface area (Å²) in [5, 5.41) is 0. The summed E-state index contributed by atoms with van der Waals surface area (Å²) in [6.07, 6.45) is 2.44. The standard InChI is InChI=1S/C13H18N2/c1-9-3-5-11(6-4-9)10(2)15-13(14)12-7-8-12/h3-6,10,12H,7-8H2,1-2H3,(H2,14,15). The fourth-order valence-electron chi connectivity index (χ4n) is 1.63. The second-order valence-electron chi connectivity index (χ2n) is 4.41. The molecule has 1 aliphatic carbocycles. The summed E-state index contributed by atoms with van der Waals surface area (Å²) in [5.41, 5.74) is 8.42. The first-order valence-corrected chi connectivity index (χ1v) is 5.56. The van der Waals surface area contributed by atoms with Gasteiger partial charge in [0.25, 0.3) is 0 Å². The van der Waals surface area contributed by atoms with Crippen molar-refractivity contribution in [2.75, 3.05) is 0 Å². The van der Waals surface area contributed by atoms with Gasteiger partial charge in [0.2, 0.25) is 0 Å². The molecule has 15 heavy (non-hydrogen) atoms. The lowest BCUT2D eigenvalue weighted by Crippen LogP contribution is -2.15. The van der Waals surface area contributed by atoms with Gasteiger partial charge in [-0.25, -0.2) is 0 Å². The Hall–Kier alpha value is -1.31. The van der Waals surface area contributed by atoms with E-state index in [1.165, 1.54) is 24.0 Å². The molecule has 1 aromatic carbocycles. The monoisotopic (exact) mass is 202 g/mol. The van der Waals surface area contributed by atoms with Gasteiger partial charge >= 0.3 is 0 Å². The number of rotatable bonds is 3. The Labute approximate surface area is 91.2 Å². The molecule has 80 valence electrons. The zero-order valence-electron chi connectivity index (χ0n) is 9.40. The molecule has 1 unspecified atom stereocenters. The minimum absolute atomic E-state index is 0.186. The topological polar surface area (TPSA) is 38.4 Å². The second kappa shape index (κ2) is 4.05. The van der Waals surface area contributed by atoms with Crippen LogP contribution in [-0.2, 0) is 0 Å². The summed E-state index contributed by atoms with van der Waals surface area (Å²) in [7, 11) is 0. The molecule has 1 atom stereocenters. The van der Waals surface area contributed by atoms with Crippen LogP contribution in [0, 0.1) is 12.8 Å². The van der Waals surface area contributed by atoms with Gasteiger partial charge in [0.1, 0.15) is 0 Å². The van der Waals surface area contributed by atoms with Crippen molar-refractivity contribution in [2.24, 2.45) is 16.6 Å². The van der Waals surface area contributed by atoms with E-state index in [1.54, 1.807) is 0 Å². The highest BCUT2D eigenvalue weighted by Gasteiger charge is 2.25. The molecule has 0 bridgehead atoms. The number of nitrogens with zero attached hydrogens (tertiary/aromatic N) is 1. The molecule has 1 fully saturated rings. The van der Waals surface area contributed by atoms with E-state index in [9.17, 15) is 0 Å². The average molecular weight is 202 g/mol. The molecular weight excluding hydrogens is 184 g/mol. The summed E-state index contributed by atoms with van der Waals surface area (Å²) >= 11 is 0. The van der Waals surface area contributed by atoms with E-state index in [-0.39, 0.29) is 6.04 Å². The lowest BCUT2D eigenvalue weighted by molar-refractivity contribution is 0.808. The lowest BCUT2D eigenvalue weighted by Gasteiger charge is -2.08. The fraction of sp³-hybridized carbons (Fsp3) is 0.462. The molecule has 0 spiro atoms. The van der Waals surface area contributed by atoms with Crippen LogP contribution in [0.4, 0.5) is 0 Å². The third kappa shape index (κ3) is 2.58. The first-order valence-electron chi connectivity index (χ1n) is 5.56. The van der Waals surface area contributed by atoms with Crippen molar-refractivity contribution in [1.29, 1.82) is 0 Å². The molecule has 0 aromatic heterocycles. The maximum atomic E-state index is 5.90. The molecule has 1 saturated carbocycles. The number of aryl methyl sites for hydroxylation is 1. The molecule has 2 N–H and O–H groups in total. The maximum Gasteiger partial charge on any atom is 0.0975 e. The summed E-state index contributed by atoms with van der Waals surface area (Å²) in [5.74, 6) is 1.40. The molecule has 1 aromatic rings. The minimum Gasteiger partial charge on any atom is -0.387 e. The van der Waals surface area contributed by atoms with Crippen molar-refractivity contribution in [3.05, 3.63) is 35.4 Å². The molecule has 2 heteroatoms. The van der Waals surface area contributed by atoms with Crippen molar-refractivity contribution < 1.29 is 0 Å². The number of aliphatic imine (C=N–C) groups is 1. The van der Waals surface area contributed by atoms with Crippen LogP contribution in [0.3, 0.4) is 0 Å². The van der Waals surface area contributed by atoms with Crippen LogP contribution in [-0.4, -0.2) is 5.84 Å². The average Bonchev–Trinajstić information content (AvgIpc) is 3.01. The van der Waals surface area contributed by atoms with Gasteiger partial charge < -0.3 is 5.73 Å². The van der Waals surface area contributed by atoms with Crippen LogP contribution in [0.5, 0.6) is 0 Å². The van der Waals surface area contributed by atoms with E-state index in [0.29, 0.717) is 5.92 Å². The largest absolute Gasteiger partial charge is 0.387 e. The predicted molar refractivity (Wildman–Crippen MR) is 63.9 cm³/mol. The normalized spacial score (nSPS) is 18.9. The molecule has 0 heterocycles. The number of nitrogens with two attached hydrogens (primary N) is 1. The molecule has 0 radical (unpaired) electrons.